The summed E-state index contributed by atoms with van der Waals surface area (Å²) in [5.41, 5.74) is 2.81. The zero-order chi connectivity index (χ0) is 20.6. The van der Waals surface area contributed by atoms with Crippen molar-refractivity contribution >= 4 is 23.4 Å². The van der Waals surface area contributed by atoms with Gasteiger partial charge in [-0.1, -0.05) is 56.3 Å². The maximum absolute atomic E-state index is 12.1. The molecule has 0 aliphatic rings. The van der Waals surface area contributed by atoms with Gasteiger partial charge < -0.3 is 15.4 Å². The number of para-hydroxylation sites is 1. The SMILES string of the molecule is COC(=O)c1ccccc1Nc1nc(NCCC(C)C)cc(-c2ccccc2)n1. The monoisotopic (exact) mass is 390 g/mol. The molecule has 2 aromatic carbocycles. The number of methoxy groups -OCH3 is 1. The minimum Gasteiger partial charge on any atom is -0.465 e. The number of benzene rings is 2. The van der Waals surface area contributed by atoms with E-state index >= 15 is 0 Å². The third kappa shape index (κ3) is 5.54. The summed E-state index contributed by atoms with van der Waals surface area (Å²) < 4.78 is 4.87. The lowest BCUT2D eigenvalue weighted by Crippen LogP contribution is -2.10. The summed E-state index contributed by atoms with van der Waals surface area (Å²) in [5.74, 6) is 1.33. The number of rotatable bonds is 8. The third-order valence-electron chi connectivity index (χ3n) is 4.40. The highest BCUT2D eigenvalue weighted by atomic mass is 16.5. The lowest BCUT2D eigenvalue weighted by Gasteiger charge is -2.13. The summed E-state index contributed by atoms with van der Waals surface area (Å²) >= 11 is 0. The number of nitrogens with one attached hydrogen (secondary N) is 2. The Bertz CT molecular complexity index is 958. The number of hydrogen-bond donors (Lipinski definition) is 2. The Morgan fingerprint density at radius 2 is 1.76 bits per heavy atom. The molecular formula is C23H26N4O2. The van der Waals surface area contributed by atoms with E-state index in [1.54, 1.807) is 18.2 Å². The van der Waals surface area contributed by atoms with Crippen molar-refractivity contribution in [2.24, 2.45) is 5.92 Å². The average molecular weight is 390 g/mol. The van der Waals surface area contributed by atoms with Crippen LogP contribution in [-0.2, 0) is 4.74 Å². The molecule has 0 aliphatic carbocycles. The van der Waals surface area contributed by atoms with E-state index in [2.05, 4.69) is 34.4 Å². The molecule has 0 bridgehead atoms. The Labute approximate surface area is 171 Å². The van der Waals surface area contributed by atoms with Crippen LogP contribution in [0.15, 0.2) is 60.7 Å². The number of aromatic nitrogens is 2. The zero-order valence-electron chi connectivity index (χ0n) is 17.0. The Morgan fingerprint density at radius 1 is 1.03 bits per heavy atom. The first-order valence-electron chi connectivity index (χ1n) is 9.69. The molecule has 150 valence electrons. The van der Waals surface area contributed by atoms with Crippen LogP contribution in [0, 0.1) is 5.92 Å². The molecule has 3 rings (SSSR count). The highest BCUT2D eigenvalue weighted by molar-refractivity contribution is 5.96. The van der Waals surface area contributed by atoms with Crippen molar-refractivity contribution in [1.82, 2.24) is 9.97 Å². The highest BCUT2D eigenvalue weighted by Gasteiger charge is 2.13. The van der Waals surface area contributed by atoms with Gasteiger partial charge >= 0.3 is 5.97 Å². The first-order chi connectivity index (χ1) is 14.1. The van der Waals surface area contributed by atoms with Crippen LogP contribution in [0.3, 0.4) is 0 Å². The molecule has 2 N–H and O–H groups in total. The van der Waals surface area contributed by atoms with Gasteiger partial charge in [-0.25, -0.2) is 9.78 Å². The molecule has 3 aromatic rings. The van der Waals surface area contributed by atoms with Crippen molar-refractivity contribution in [3.63, 3.8) is 0 Å². The fourth-order valence-corrected chi connectivity index (χ4v) is 2.84. The number of carbonyl (C=O) groups excluding carboxylic acids is 1. The molecule has 1 aromatic heterocycles. The van der Waals surface area contributed by atoms with Gasteiger partial charge in [0.25, 0.3) is 0 Å². The molecule has 0 fully saturated rings. The molecule has 0 saturated heterocycles. The van der Waals surface area contributed by atoms with Crippen molar-refractivity contribution < 1.29 is 9.53 Å². The van der Waals surface area contributed by atoms with E-state index in [1.807, 2.05) is 42.5 Å². The number of carbonyl (C=O) groups is 1. The van der Waals surface area contributed by atoms with Gasteiger partial charge in [-0.3, -0.25) is 0 Å². The van der Waals surface area contributed by atoms with Crippen molar-refractivity contribution in [3.05, 3.63) is 66.2 Å². The average Bonchev–Trinajstić information content (AvgIpc) is 2.74. The van der Waals surface area contributed by atoms with Gasteiger partial charge in [-0.05, 0) is 24.5 Å². The van der Waals surface area contributed by atoms with E-state index in [0.717, 1.165) is 30.0 Å². The maximum Gasteiger partial charge on any atom is 0.339 e. The highest BCUT2D eigenvalue weighted by Crippen LogP contribution is 2.25. The lowest BCUT2D eigenvalue weighted by molar-refractivity contribution is 0.0602. The van der Waals surface area contributed by atoms with Crippen LogP contribution in [0.25, 0.3) is 11.3 Å². The zero-order valence-corrected chi connectivity index (χ0v) is 17.0. The Kier molecular flexibility index (Phi) is 6.79. The Hall–Kier alpha value is -3.41. The van der Waals surface area contributed by atoms with Crippen LogP contribution in [0.2, 0.25) is 0 Å². The number of esters is 1. The van der Waals surface area contributed by atoms with Gasteiger partial charge in [0.1, 0.15) is 5.82 Å². The maximum atomic E-state index is 12.1. The summed E-state index contributed by atoms with van der Waals surface area (Å²) in [6.07, 6.45) is 1.04. The molecular weight excluding hydrogens is 364 g/mol. The van der Waals surface area contributed by atoms with Gasteiger partial charge in [0.2, 0.25) is 5.95 Å². The number of hydrogen-bond acceptors (Lipinski definition) is 6. The molecule has 1 heterocycles. The first kappa shape index (κ1) is 20.3. The molecule has 29 heavy (non-hydrogen) atoms. The van der Waals surface area contributed by atoms with Gasteiger partial charge in [0.05, 0.1) is 24.1 Å². The third-order valence-corrected chi connectivity index (χ3v) is 4.40. The molecule has 0 spiro atoms. The molecule has 0 unspecified atom stereocenters. The van der Waals surface area contributed by atoms with Crippen LogP contribution < -0.4 is 10.6 Å². The van der Waals surface area contributed by atoms with E-state index in [-0.39, 0.29) is 0 Å². The molecule has 0 radical (unpaired) electrons. The standard InChI is InChI=1S/C23H26N4O2/c1-16(2)13-14-24-21-15-20(17-9-5-4-6-10-17)26-23(27-21)25-19-12-8-7-11-18(19)22(28)29-3/h4-12,15-16H,13-14H2,1-3H3,(H2,24,25,26,27). The van der Waals surface area contributed by atoms with Crippen LogP contribution in [0.1, 0.15) is 30.6 Å². The minimum absolute atomic E-state index is 0.412. The minimum atomic E-state index is -0.414. The van der Waals surface area contributed by atoms with Crippen LogP contribution >= 0.6 is 0 Å². The summed E-state index contributed by atoms with van der Waals surface area (Å²) in [5, 5.41) is 6.55. The van der Waals surface area contributed by atoms with Gasteiger partial charge in [-0.15, -0.1) is 0 Å². The summed E-state index contributed by atoms with van der Waals surface area (Å²) in [6.45, 7) is 5.20. The van der Waals surface area contributed by atoms with Crippen LogP contribution in [0.4, 0.5) is 17.5 Å². The number of ether oxygens (including phenoxy) is 1. The van der Waals surface area contributed by atoms with Gasteiger partial charge in [-0.2, -0.15) is 4.98 Å². The predicted octanol–water partition coefficient (Wildman–Crippen LogP) is 5.13. The second-order valence-corrected chi connectivity index (χ2v) is 7.10. The molecule has 0 saturated carbocycles. The summed E-state index contributed by atoms with van der Waals surface area (Å²) in [7, 11) is 1.36. The molecule has 0 amide bonds. The molecule has 6 heteroatoms. The Morgan fingerprint density at radius 3 is 2.48 bits per heavy atom. The van der Waals surface area contributed by atoms with Crippen molar-refractivity contribution in [1.29, 1.82) is 0 Å². The van der Waals surface area contributed by atoms with E-state index in [1.165, 1.54) is 7.11 Å². The normalized spacial score (nSPS) is 10.6. The van der Waals surface area contributed by atoms with E-state index in [9.17, 15) is 4.79 Å². The predicted molar refractivity (Wildman–Crippen MR) is 116 cm³/mol. The van der Waals surface area contributed by atoms with E-state index < -0.39 is 5.97 Å². The first-order valence-corrected chi connectivity index (χ1v) is 9.69. The fraction of sp³-hybridized carbons (Fsp3) is 0.261. The molecule has 0 atom stereocenters. The van der Waals surface area contributed by atoms with Crippen LogP contribution in [0.5, 0.6) is 0 Å². The van der Waals surface area contributed by atoms with Crippen molar-refractivity contribution in [2.45, 2.75) is 20.3 Å². The molecule has 0 aliphatic heterocycles. The van der Waals surface area contributed by atoms with Gasteiger partial charge in [0.15, 0.2) is 0 Å². The smallest absolute Gasteiger partial charge is 0.339 e. The number of nitrogens with zero attached hydrogens (tertiary/aromatic N) is 2. The van der Waals surface area contributed by atoms with E-state index in [0.29, 0.717) is 23.1 Å². The van der Waals surface area contributed by atoms with E-state index in [4.69, 9.17) is 4.74 Å². The second-order valence-electron chi connectivity index (χ2n) is 7.10. The largest absolute Gasteiger partial charge is 0.465 e. The second kappa shape index (κ2) is 9.68. The van der Waals surface area contributed by atoms with Gasteiger partial charge in [0, 0.05) is 18.2 Å². The summed E-state index contributed by atoms with van der Waals surface area (Å²) in [6, 6.07) is 19.0. The number of anilines is 3. The topological polar surface area (TPSA) is 76.1 Å². The van der Waals surface area contributed by atoms with Crippen LogP contribution in [-0.4, -0.2) is 29.6 Å². The quantitative estimate of drug-likeness (QED) is 0.519. The lowest BCUT2D eigenvalue weighted by atomic mass is 10.1. The summed E-state index contributed by atoms with van der Waals surface area (Å²) in [4.78, 5) is 21.3. The van der Waals surface area contributed by atoms with Crippen molar-refractivity contribution in [3.8, 4) is 11.3 Å². The van der Waals surface area contributed by atoms with Crippen molar-refractivity contribution in [2.75, 3.05) is 24.3 Å². The fourth-order valence-electron chi connectivity index (χ4n) is 2.84. The molecule has 6 nitrogen and oxygen atoms in total. The Balaban J connectivity index is 1.94.